The third-order valence-corrected chi connectivity index (χ3v) is 2.04. The number of thiol groups is 1. The van der Waals surface area contributed by atoms with Crippen LogP contribution < -0.4 is 0 Å². The summed E-state index contributed by atoms with van der Waals surface area (Å²) in [4.78, 5) is 0. The Labute approximate surface area is 80.2 Å². The molecule has 1 rings (SSSR count). The molecule has 1 aromatic rings. The van der Waals surface area contributed by atoms with Crippen LogP contribution in [-0.4, -0.2) is 5.75 Å². The minimum Gasteiger partial charge on any atom is -0.207 e. The van der Waals surface area contributed by atoms with E-state index in [9.17, 15) is 13.2 Å². The van der Waals surface area contributed by atoms with Gasteiger partial charge in [0.05, 0.1) is 0 Å². The van der Waals surface area contributed by atoms with Crippen molar-refractivity contribution in [1.29, 1.82) is 0 Å². The monoisotopic (exact) mass is 206 g/mol. The maximum absolute atomic E-state index is 12.9. The van der Waals surface area contributed by atoms with Crippen LogP contribution in [-0.2, 0) is 6.42 Å². The van der Waals surface area contributed by atoms with E-state index in [1.165, 1.54) is 0 Å². The van der Waals surface area contributed by atoms with Crippen LogP contribution in [0.3, 0.4) is 0 Å². The van der Waals surface area contributed by atoms with Gasteiger partial charge < -0.3 is 0 Å². The summed E-state index contributed by atoms with van der Waals surface area (Å²) in [6.45, 7) is 0. The van der Waals surface area contributed by atoms with E-state index in [2.05, 4.69) is 12.6 Å². The molecule has 72 valence electrons. The molecule has 0 aliphatic heterocycles. The van der Waals surface area contributed by atoms with Gasteiger partial charge in [-0.3, -0.25) is 0 Å². The molecule has 0 bridgehead atoms. The lowest BCUT2D eigenvalue weighted by molar-refractivity contribution is 0.478. The Morgan fingerprint density at radius 1 is 1.08 bits per heavy atom. The highest BCUT2D eigenvalue weighted by Gasteiger charge is 2.12. The quantitative estimate of drug-likeness (QED) is 0.570. The van der Waals surface area contributed by atoms with Gasteiger partial charge in [0.25, 0.3) is 0 Å². The molecule has 13 heavy (non-hydrogen) atoms. The number of rotatable bonds is 3. The molecular formula is C9H9F3S. The Balaban J connectivity index is 2.96. The molecule has 0 nitrogen and oxygen atoms in total. The Morgan fingerprint density at radius 2 is 1.69 bits per heavy atom. The molecule has 0 aromatic heterocycles. The largest absolute Gasteiger partial charge is 0.207 e. The first-order valence-corrected chi connectivity index (χ1v) is 4.53. The predicted octanol–water partition coefficient (Wildman–Crippen LogP) is 2.97. The van der Waals surface area contributed by atoms with E-state index >= 15 is 0 Å². The summed E-state index contributed by atoms with van der Waals surface area (Å²) in [5.74, 6) is -2.26. The summed E-state index contributed by atoms with van der Waals surface area (Å²) >= 11 is 3.91. The smallest absolute Gasteiger partial charge is 0.164 e. The summed E-state index contributed by atoms with van der Waals surface area (Å²) in [6.07, 6.45) is 0.708. The van der Waals surface area contributed by atoms with Crippen molar-refractivity contribution in [1.82, 2.24) is 0 Å². The van der Waals surface area contributed by atoms with Gasteiger partial charge in [-0.15, -0.1) is 0 Å². The molecule has 0 fully saturated rings. The van der Waals surface area contributed by atoms with Gasteiger partial charge in [-0.1, -0.05) is 0 Å². The zero-order valence-corrected chi connectivity index (χ0v) is 7.75. The van der Waals surface area contributed by atoms with Crippen LogP contribution in [0.25, 0.3) is 0 Å². The molecule has 4 heteroatoms. The number of hydrogen-bond acceptors (Lipinski definition) is 1. The number of hydrogen-bond donors (Lipinski definition) is 1. The van der Waals surface area contributed by atoms with Crippen molar-refractivity contribution in [3.63, 3.8) is 0 Å². The molecule has 0 atom stereocenters. The molecule has 0 heterocycles. The first kappa shape index (κ1) is 10.4. The van der Waals surface area contributed by atoms with Crippen molar-refractivity contribution in [3.8, 4) is 0 Å². The highest BCUT2D eigenvalue weighted by Crippen LogP contribution is 2.17. The number of benzene rings is 1. The Hall–Kier alpha value is -0.640. The van der Waals surface area contributed by atoms with Crippen LogP contribution in [0.2, 0.25) is 0 Å². The first-order chi connectivity index (χ1) is 6.16. The van der Waals surface area contributed by atoms with Crippen molar-refractivity contribution in [2.45, 2.75) is 12.8 Å². The van der Waals surface area contributed by atoms with E-state index in [1.807, 2.05) is 0 Å². The second-order valence-electron chi connectivity index (χ2n) is 2.65. The van der Waals surface area contributed by atoms with Crippen molar-refractivity contribution < 1.29 is 13.2 Å². The fraction of sp³-hybridized carbons (Fsp3) is 0.333. The lowest BCUT2D eigenvalue weighted by Crippen LogP contribution is -1.99. The molecule has 0 radical (unpaired) electrons. The maximum atomic E-state index is 12.9. The van der Waals surface area contributed by atoms with Crippen molar-refractivity contribution in [2.75, 3.05) is 5.75 Å². The molecule has 1 aromatic carbocycles. The average Bonchev–Trinajstić information content (AvgIpc) is 2.12. The van der Waals surface area contributed by atoms with E-state index in [0.29, 0.717) is 12.2 Å². The van der Waals surface area contributed by atoms with Crippen LogP contribution in [0.1, 0.15) is 12.0 Å². The van der Waals surface area contributed by atoms with Crippen molar-refractivity contribution in [2.24, 2.45) is 0 Å². The van der Waals surface area contributed by atoms with Crippen molar-refractivity contribution in [3.05, 3.63) is 35.1 Å². The second-order valence-corrected chi connectivity index (χ2v) is 3.10. The Kier molecular flexibility index (Phi) is 3.66. The summed E-state index contributed by atoms with van der Waals surface area (Å²) in [6, 6.07) is 1.72. The molecule has 0 amide bonds. The lowest BCUT2D eigenvalue weighted by atomic mass is 10.1. The van der Waals surface area contributed by atoms with Gasteiger partial charge in [0.15, 0.2) is 11.6 Å². The molecule has 0 spiro atoms. The van der Waals surface area contributed by atoms with E-state index in [1.54, 1.807) is 0 Å². The van der Waals surface area contributed by atoms with E-state index in [4.69, 9.17) is 0 Å². The highest BCUT2D eigenvalue weighted by molar-refractivity contribution is 7.80. The van der Waals surface area contributed by atoms with E-state index in [-0.39, 0.29) is 12.0 Å². The lowest BCUT2D eigenvalue weighted by Gasteiger charge is -2.03. The minimum atomic E-state index is -1.08. The number of halogens is 3. The minimum absolute atomic E-state index is 0.179. The standard InChI is InChI=1S/C9H9F3S/c10-7-3-4-8(11)9(12)6(7)2-1-5-13/h3-4,13H,1-2,5H2. The fourth-order valence-corrected chi connectivity index (χ4v) is 1.21. The van der Waals surface area contributed by atoms with Crippen LogP contribution in [0.5, 0.6) is 0 Å². The zero-order valence-electron chi connectivity index (χ0n) is 6.86. The van der Waals surface area contributed by atoms with Gasteiger partial charge in [0, 0.05) is 5.56 Å². The SMILES string of the molecule is Fc1ccc(F)c(CCCS)c1F. The molecule has 0 aliphatic rings. The zero-order chi connectivity index (χ0) is 9.84. The molecular weight excluding hydrogens is 197 g/mol. The highest BCUT2D eigenvalue weighted by atomic mass is 32.1. The molecule has 0 aliphatic carbocycles. The second kappa shape index (κ2) is 4.56. The van der Waals surface area contributed by atoms with Gasteiger partial charge in [-0.25, -0.2) is 13.2 Å². The van der Waals surface area contributed by atoms with Crippen LogP contribution in [0, 0.1) is 17.5 Å². The Bertz CT molecular complexity index is 299. The van der Waals surface area contributed by atoms with Gasteiger partial charge in [-0.05, 0) is 30.7 Å². The van der Waals surface area contributed by atoms with E-state index < -0.39 is 17.5 Å². The third kappa shape index (κ3) is 2.40. The summed E-state index contributed by atoms with van der Waals surface area (Å²) < 4.78 is 38.5. The summed E-state index contributed by atoms with van der Waals surface area (Å²) in [7, 11) is 0. The van der Waals surface area contributed by atoms with Crippen LogP contribution in [0.4, 0.5) is 13.2 Å². The maximum Gasteiger partial charge on any atom is 0.164 e. The van der Waals surface area contributed by atoms with Gasteiger partial charge in [0.1, 0.15) is 5.82 Å². The Morgan fingerprint density at radius 3 is 2.31 bits per heavy atom. The van der Waals surface area contributed by atoms with Gasteiger partial charge >= 0.3 is 0 Å². The fourth-order valence-electron chi connectivity index (χ4n) is 1.05. The summed E-state index contributed by atoms with van der Waals surface area (Å²) in [5, 5.41) is 0. The average molecular weight is 206 g/mol. The normalized spacial score (nSPS) is 10.5. The molecule has 0 N–H and O–H groups in total. The molecule has 0 unspecified atom stereocenters. The summed E-state index contributed by atoms with van der Waals surface area (Å²) in [5.41, 5.74) is -0.186. The van der Waals surface area contributed by atoms with E-state index in [0.717, 1.165) is 12.1 Å². The van der Waals surface area contributed by atoms with Gasteiger partial charge in [0.2, 0.25) is 0 Å². The predicted molar refractivity (Wildman–Crippen MR) is 48.5 cm³/mol. The molecule has 0 saturated carbocycles. The first-order valence-electron chi connectivity index (χ1n) is 3.90. The van der Waals surface area contributed by atoms with Crippen LogP contribution >= 0.6 is 12.6 Å². The van der Waals surface area contributed by atoms with Gasteiger partial charge in [-0.2, -0.15) is 12.6 Å². The third-order valence-electron chi connectivity index (χ3n) is 1.72. The van der Waals surface area contributed by atoms with Crippen molar-refractivity contribution >= 4 is 12.6 Å². The topological polar surface area (TPSA) is 0 Å². The molecule has 0 saturated heterocycles. The van der Waals surface area contributed by atoms with Crippen LogP contribution in [0.15, 0.2) is 12.1 Å².